The van der Waals surface area contributed by atoms with Crippen LogP contribution >= 0.6 is 0 Å². The Labute approximate surface area is 110 Å². The fourth-order valence-electron chi connectivity index (χ4n) is 2.63. The highest BCUT2D eigenvalue weighted by Crippen LogP contribution is 2.21. The number of aliphatic hydroxyl groups is 1. The lowest BCUT2D eigenvalue weighted by atomic mass is 9.92. The van der Waals surface area contributed by atoms with Crippen LogP contribution in [-0.4, -0.2) is 29.2 Å². The largest absolute Gasteiger partial charge is 0.393 e. The molecule has 1 unspecified atom stereocenters. The van der Waals surface area contributed by atoms with E-state index < -0.39 is 0 Å². The third kappa shape index (κ3) is 3.55. The first-order chi connectivity index (χ1) is 8.69. The van der Waals surface area contributed by atoms with E-state index in [0.29, 0.717) is 12.5 Å². The fraction of sp³-hybridized carbons (Fsp3) is 0.600. The maximum absolute atomic E-state index is 9.58. The second-order valence-corrected chi connectivity index (χ2v) is 5.37. The summed E-state index contributed by atoms with van der Waals surface area (Å²) in [6.45, 7) is 5.71. The molecule has 0 bridgehead atoms. The van der Waals surface area contributed by atoms with Crippen LogP contribution in [0.5, 0.6) is 0 Å². The third-order valence-corrected chi connectivity index (χ3v) is 3.98. The zero-order valence-corrected chi connectivity index (χ0v) is 11.2. The van der Waals surface area contributed by atoms with Gasteiger partial charge in [-0.25, -0.2) is 0 Å². The molecule has 3 nitrogen and oxygen atoms in total. The van der Waals surface area contributed by atoms with Gasteiger partial charge in [0.2, 0.25) is 0 Å². The first kappa shape index (κ1) is 13.5. The molecule has 1 aromatic carbocycles. The average Bonchev–Trinajstić information content (AvgIpc) is 2.40. The summed E-state index contributed by atoms with van der Waals surface area (Å²) in [7, 11) is 0. The molecule has 0 saturated carbocycles. The van der Waals surface area contributed by atoms with Crippen molar-refractivity contribution < 1.29 is 5.11 Å². The predicted molar refractivity (Wildman–Crippen MR) is 74.0 cm³/mol. The molecule has 3 N–H and O–H groups in total. The van der Waals surface area contributed by atoms with E-state index in [-0.39, 0.29) is 6.10 Å². The highest BCUT2D eigenvalue weighted by molar-refractivity contribution is 5.22. The van der Waals surface area contributed by atoms with E-state index in [1.54, 1.807) is 0 Å². The number of likely N-dealkylation sites (tertiary alicyclic amines) is 1. The molecule has 1 fully saturated rings. The molecule has 1 aromatic rings. The van der Waals surface area contributed by atoms with Gasteiger partial charge < -0.3 is 10.8 Å². The Morgan fingerprint density at radius 1 is 1.22 bits per heavy atom. The van der Waals surface area contributed by atoms with E-state index in [9.17, 15) is 5.11 Å². The zero-order chi connectivity index (χ0) is 13.0. The van der Waals surface area contributed by atoms with Crippen molar-refractivity contribution >= 4 is 0 Å². The van der Waals surface area contributed by atoms with Crippen molar-refractivity contribution in [2.24, 2.45) is 11.7 Å². The van der Waals surface area contributed by atoms with E-state index in [1.807, 2.05) is 6.92 Å². The second kappa shape index (κ2) is 6.32. The van der Waals surface area contributed by atoms with Crippen molar-refractivity contribution in [3.8, 4) is 0 Å². The van der Waals surface area contributed by atoms with Crippen molar-refractivity contribution in [3.63, 3.8) is 0 Å². The lowest BCUT2D eigenvalue weighted by Gasteiger charge is -2.33. The first-order valence-corrected chi connectivity index (χ1v) is 6.87. The minimum absolute atomic E-state index is 0.156. The molecule has 1 saturated heterocycles. The van der Waals surface area contributed by atoms with Crippen LogP contribution in [0.15, 0.2) is 24.3 Å². The molecule has 18 heavy (non-hydrogen) atoms. The number of rotatable bonds is 4. The molecule has 0 spiro atoms. The Morgan fingerprint density at radius 2 is 1.78 bits per heavy atom. The molecule has 1 aliphatic rings. The molecule has 3 heteroatoms. The molecular formula is C15H24N2O. The number of piperidine rings is 1. The molecule has 1 aliphatic heterocycles. The molecule has 0 aliphatic carbocycles. The van der Waals surface area contributed by atoms with Crippen molar-refractivity contribution in [3.05, 3.63) is 35.4 Å². The quantitative estimate of drug-likeness (QED) is 0.853. The first-order valence-electron chi connectivity index (χ1n) is 6.87. The number of hydrogen-bond donors (Lipinski definition) is 2. The lowest BCUT2D eigenvalue weighted by Crippen LogP contribution is -2.36. The number of hydrogen-bond acceptors (Lipinski definition) is 3. The maximum atomic E-state index is 9.58. The van der Waals surface area contributed by atoms with Crippen LogP contribution in [0.1, 0.15) is 30.9 Å². The second-order valence-electron chi connectivity index (χ2n) is 5.37. The van der Waals surface area contributed by atoms with Gasteiger partial charge in [-0.05, 0) is 49.9 Å². The zero-order valence-electron chi connectivity index (χ0n) is 11.2. The Hall–Kier alpha value is -0.900. The third-order valence-electron chi connectivity index (χ3n) is 3.98. The van der Waals surface area contributed by atoms with Gasteiger partial charge >= 0.3 is 0 Å². The Morgan fingerprint density at radius 3 is 2.28 bits per heavy atom. The maximum Gasteiger partial charge on any atom is 0.0541 e. The summed E-state index contributed by atoms with van der Waals surface area (Å²) in [6.07, 6.45) is 2.06. The molecule has 100 valence electrons. The van der Waals surface area contributed by atoms with Gasteiger partial charge in [0.15, 0.2) is 0 Å². The van der Waals surface area contributed by atoms with Crippen LogP contribution in [-0.2, 0) is 13.1 Å². The van der Waals surface area contributed by atoms with Crippen LogP contribution in [0, 0.1) is 5.92 Å². The van der Waals surface area contributed by atoms with E-state index >= 15 is 0 Å². The van der Waals surface area contributed by atoms with Gasteiger partial charge in [0.1, 0.15) is 0 Å². The minimum Gasteiger partial charge on any atom is -0.393 e. The summed E-state index contributed by atoms with van der Waals surface area (Å²) in [5.74, 6) is 0.487. The van der Waals surface area contributed by atoms with Crippen LogP contribution in [0.4, 0.5) is 0 Å². The molecular weight excluding hydrogens is 224 g/mol. The van der Waals surface area contributed by atoms with E-state index in [0.717, 1.165) is 32.5 Å². The number of aliphatic hydroxyl groups excluding tert-OH is 1. The highest BCUT2D eigenvalue weighted by atomic mass is 16.3. The average molecular weight is 248 g/mol. The van der Waals surface area contributed by atoms with Crippen molar-refractivity contribution in [1.82, 2.24) is 4.90 Å². The Kier molecular flexibility index (Phi) is 4.75. The van der Waals surface area contributed by atoms with Crippen LogP contribution in [0.2, 0.25) is 0 Å². The fourth-order valence-corrected chi connectivity index (χ4v) is 2.63. The highest BCUT2D eigenvalue weighted by Gasteiger charge is 2.22. The molecule has 0 aromatic heterocycles. The smallest absolute Gasteiger partial charge is 0.0541 e. The summed E-state index contributed by atoms with van der Waals surface area (Å²) in [4.78, 5) is 2.47. The summed E-state index contributed by atoms with van der Waals surface area (Å²) in [5.41, 5.74) is 8.13. The van der Waals surface area contributed by atoms with Crippen LogP contribution in [0.25, 0.3) is 0 Å². The van der Waals surface area contributed by atoms with Gasteiger partial charge in [0.25, 0.3) is 0 Å². The van der Waals surface area contributed by atoms with Gasteiger partial charge in [0, 0.05) is 13.1 Å². The van der Waals surface area contributed by atoms with Crippen LogP contribution in [0.3, 0.4) is 0 Å². The van der Waals surface area contributed by atoms with Crippen molar-refractivity contribution in [2.45, 2.75) is 39.0 Å². The van der Waals surface area contributed by atoms with E-state index in [1.165, 1.54) is 11.1 Å². The van der Waals surface area contributed by atoms with Gasteiger partial charge in [-0.3, -0.25) is 4.90 Å². The van der Waals surface area contributed by atoms with Crippen molar-refractivity contribution in [1.29, 1.82) is 0 Å². The normalized spacial score (nSPS) is 19.9. The van der Waals surface area contributed by atoms with E-state index in [2.05, 4.69) is 29.2 Å². The number of nitrogens with zero attached hydrogens (tertiary/aromatic N) is 1. The molecule has 1 atom stereocenters. The number of nitrogens with two attached hydrogens (primary N) is 1. The van der Waals surface area contributed by atoms with Gasteiger partial charge in [-0.2, -0.15) is 0 Å². The standard InChI is InChI=1S/C15H24N2O/c1-12(18)15-6-8-17(9-7-15)11-14-4-2-13(10-16)3-5-14/h2-5,12,15,18H,6-11,16H2,1H3. The molecule has 2 rings (SSSR count). The van der Waals surface area contributed by atoms with E-state index in [4.69, 9.17) is 5.73 Å². The molecule has 1 heterocycles. The van der Waals surface area contributed by atoms with Gasteiger partial charge in [-0.1, -0.05) is 24.3 Å². The van der Waals surface area contributed by atoms with Crippen molar-refractivity contribution in [2.75, 3.05) is 13.1 Å². The van der Waals surface area contributed by atoms with Gasteiger partial charge in [-0.15, -0.1) is 0 Å². The Bertz CT molecular complexity index is 353. The summed E-state index contributed by atoms with van der Waals surface area (Å²) < 4.78 is 0. The SMILES string of the molecule is CC(O)C1CCN(Cc2ccc(CN)cc2)CC1. The van der Waals surface area contributed by atoms with Crippen LogP contribution < -0.4 is 5.73 Å². The lowest BCUT2D eigenvalue weighted by molar-refractivity contribution is 0.0695. The minimum atomic E-state index is -0.156. The Balaban J connectivity index is 1.83. The molecule has 0 radical (unpaired) electrons. The van der Waals surface area contributed by atoms with Gasteiger partial charge in [0.05, 0.1) is 6.10 Å². The summed E-state index contributed by atoms with van der Waals surface area (Å²) >= 11 is 0. The predicted octanol–water partition coefficient (Wildman–Crippen LogP) is 1.74. The number of benzene rings is 1. The monoisotopic (exact) mass is 248 g/mol. The summed E-state index contributed by atoms with van der Waals surface area (Å²) in [5, 5.41) is 9.58. The summed E-state index contributed by atoms with van der Waals surface area (Å²) in [6, 6.07) is 8.56. The molecule has 0 amide bonds. The topological polar surface area (TPSA) is 49.5 Å².